The van der Waals surface area contributed by atoms with E-state index in [0.29, 0.717) is 0 Å². The monoisotopic (exact) mass is 332 g/mol. The van der Waals surface area contributed by atoms with Crippen molar-refractivity contribution < 1.29 is 14.6 Å². The van der Waals surface area contributed by atoms with Crippen molar-refractivity contribution in [3.05, 3.63) is 64.1 Å². The minimum Gasteiger partial charge on any atom is -0.507 e. The van der Waals surface area contributed by atoms with Gasteiger partial charge in [0.1, 0.15) is 11.5 Å². The van der Waals surface area contributed by atoms with E-state index in [2.05, 4.69) is 15.9 Å². The van der Waals surface area contributed by atoms with Crippen molar-refractivity contribution in [1.82, 2.24) is 0 Å². The average molecular weight is 333 g/mol. The maximum Gasteiger partial charge on any atom is 0.189 e. The minimum atomic E-state index is -0.250. The zero-order chi connectivity index (χ0) is 14.5. The minimum absolute atomic E-state index is 0.0300. The number of carbonyl (C=O) groups excluding carboxylic acids is 1. The first-order chi connectivity index (χ1) is 9.60. The molecule has 2 rings (SSSR count). The molecule has 2 aromatic rings. The number of methoxy groups -OCH3 is 1. The number of phenolic OH excluding ortho intramolecular Hbond substituents is 1. The quantitative estimate of drug-likeness (QED) is 0.678. The second-order valence-corrected chi connectivity index (χ2v) is 5.05. The molecule has 0 spiro atoms. The van der Waals surface area contributed by atoms with Gasteiger partial charge in [-0.05, 0) is 42.0 Å². The van der Waals surface area contributed by atoms with Crippen LogP contribution in [0.1, 0.15) is 15.9 Å². The van der Waals surface area contributed by atoms with E-state index < -0.39 is 0 Å². The van der Waals surface area contributed by atoms with Gasteiger partial charge in [0.05, 0.1) is 12.7 Å². The molecular formula is C16H13BrO3. The number of phenols is 1. The first-order valence-electron chi connectivity index (χ1n) is 5.95. The van der Waals surface area contributed by atoms with Crippen molar-refractivity contribution in [2.45, 2.75) is 0 Å². The lowest BCUT2D eigenvalue weighted by Gasteiger charge is -2.01. The summed E-state index contributed by atoms with van der Waals surface area (Å²) in [5.74, 6) is 0.482. The highest BCUT2D eigenvalue weighted by atomic mass is 79.9. The van der Waals surface area contributed by atoms with Crippen LogP contribution in [0.4, 0.5) is 0 Å². The van der Waals surface area contributed by atoms with Gasteiger partial charge in [0.25, 0.3) is 0 Å². The van der Waals surface area contributed by atoms with Crippen molar-refractivity contribution in [3.63, 3.8) is 0 Å². The lowest BCUT2D eigenvalue weighted by Crippen LogP contribution is -1.94. The summed E-state index contributed by atoms with van der Waals surface area (Å²) < 4.78 is 5.81. The summed E-state index contributed by atoms with van der Waals surface area (Å²) in [6.45, 7) is 0. The van der Waals surface area contributed by atoms with Gasteiger partial charge in [-0.25, -0.2) is 0 Å². The highest BCUT2D eigenvalue weighted by Gasteiger charge is 2.08. The fourth-order valence-electron chi connectivity index (χ4n) is 1.68. The number of hydrogen-bond donors (Lipinski definition) is 1. The van der Waals surface area contributed by atoms with Crippen LogP contribution in [-0.4, -0.2) is 18.0 Å². The Balaban J connectivity index is 2.17. The molecule has 4 heteroatoms. The molecule has 3 nitrogen and oxygen atoms in total. The van der Waals surface area contributed by atoms with E-state index in [1.165, 1.54) is 12.1 Å². The molecule has 0 unspecified atom stereocenters. The van der Waals surface area contributed by atoms with Crippen LogP contribution in [0.25, 0.3) is 6.08 Å². The van der Waals surface area contributed by atoms with Crippen molar-refractivity contribution >= 4 is 27.8 Å². The first-order valence-corrected chi connectivity index (χ1v) is 6.74. The van der Waals surface area contributed by atoms with Gasteiger partial charge in [0.2, 0.25) is 0 Å². The second-order valence-electron chi connectivity index (χ2n) is 4.13. The standard InChI is InChI=1S/C16H13BrO3/c1-20-13-6-2-11(3-7-13)4-8-15(18)14-10-12(17)5-9-16(14)19/h2-10,19H,1H3/b8-4+. The molecule has 0 aliphatic rings. The highest BCUT2D eigenvalue weighted by Crippen LogP contribution is 2.23. The summed E-state index contributed by atoms with van der Waals surface area (Å²) in [6, 6.07) is 12.1. The molecule has 0 heterocycles. The van der Waals surface area contributed by atoms with E-state index in [9.17, 15) is 9.90 Å². The second kappa shape index (κ2) is 6.39. The van der Waals surface area contributed by atoms with Gasteiger partial charge in [0.15, 0.2) is 5.78 Å². The molecule has 102 valence electrons. The third kappa shape index (κ3) is 3.48. The van der Waals surface area contributed by atoms with Crippen LogP contribution in [0, 0.1) is 0 Å². The molecule has 0 fully saturated rings. The molecule has 0 amide bonds. The van der Waals surface area contributed by atoms with E-state index in [-0.39, 0.29) is 17.1 Å². The number of halogens is 1. The Hall–Kier alpha value is -2.07. The molecule has 0 saturated heterocycles. The Morgan fingerprint density at radius 3 is 2.55 bits per heavy atom. The first kappa shape index (κ1) is 14.3. The summed E-state index contributed by atoms with van der Waals surface area (Å²) in [4.78, 5) is 12.0. The summed E-state index contributed by atoms with van der Waals surface area (Å²) in [7, 11) is 1.60. The summed E-state index contributed by atoms with van der Waals surface area (Å²) in [5.41, 5.74) is 1.15. The van der Waals surface area contributed by atoms with Crippen molar-refractivity contribution in [1.29, 1.82) is 0 Å². The number of benzene rings is 2. The Labute approximate surface area is 125 Å². The molecule has 0 aromatic heterocycles. The molecule has 0 radical (unpaired) electrons. The molecule has 0 aliphatic heterocycles. The molecule has 1 N–H and O–H groups in total. The fraction of sp³-hybridized carbons (Fsp3) is 0.0625. The van der Waals surface area contributed by atoms with Gasteiger partial charge in [-0.2, -0.15) is 0 Å². The Morgan fingerprint density at radius 2 is 1.90 bits per heavy atom. The smallest absolute Gasteiger partial charge is 0.189 e. The molecule has 0 saturated carbocycles. The van der Waals surface area contributed by atoms with Gasteiger partial charge in [-0.3, -0.25) is 4.79 Å². The zero-order valence-corrected chi connectivity index (χ0v) is 12.4. The number of rotatable bonds is 4. The van der Waals surface area contributed by atoms with Gasteiger partial charge in [-0.1, -0.05) is 34.1 Å². The zero-order valence-electron chi connectivity index (χ0n) is 10.8. The normalized spacial score (nSPS) is 10.7. The third-order valence-corrected chi connectivity index (χ3v) is 3.26. The van der Waals surface area contributed by atoms with Gasteiger partial charge >= 0.3 is 0 Å². The number of aromatic hydroxyl groups is 1. The lowest BCUT2D eigenvalue weighted by atomic mass is 10.1. The Kier molecular flexibility index (Phi) is 4.58. The Bertz CT molecular complexity index is 645. The number of allylic oxidation sites excluding steroid dienone is 1. The van der Waals surface area contributed by atoms with E-state index >= 15 is 0 Å². The average Bonchev–Trinajstić information content (AvgIpc) is 2.47. The molecule has 0 aliphatic carbocycles. The van der Waals surface area contributed by atoms with Crippen LogP contribution in [0.5, 0.6) is 11.5 Å². The maximum absolute atomic E-state index is 12.0. The SMILES string of the molecule is COc1ccc(/C=C/C(=O)c2cc(Br)ccc2O)cc1. The van der Waals surface area contributed by atoms with Crippen LogP contribution in [0.3, 0.4) is 0 Å². The predicted octanol–water partition coefficient (Wildman–Crippen LogP) is 4.06. The third-order valence-electron chi connectivity index (χ3n) is 2.77. The van der Waals surface area contributed by atoms with E-state index in [1.54, 1.807) is 25.3 Å². The fourth-order valence-corrected chi connectivity index (χ4v) is 2.04. The number of ether oxygens (including phenoxy) is 1. The highest BCUT2D eigenvalue weighted by molar-refractivity contribution is 9.10. The van der Waals surface area contributed by atoms with Gasteiger partial charge < -0.3 is 9.84 Å². The van der Waals surface area contributed by atoms with Crippen LogP contribution in [0.2, 0.25) is 0 Å². The molecule has 2 aromatic carbocycles. The van der Waals surface area contributed by atoms with E-state index in [0.717, 1.165) is 15.8 Å². The number of carbonyl (C=O) groups is 1. The van der Waals surface area contributed by atoms with E-state index in [1.807, 2.05) is 24.3 Å². The lowest BCUT2D eigenvalue weighted by molar-refractivity contribution is 0.104. The van der Waals surface area contributed by atoms with Crippen LogP contribution < -0.4 is 4.74 Å². The van der Waals surface area contributed by atoms with Crippen molar-refractivity contribution in [3.8, 4) is 11.5 Å². The Morgan fingerprint density at radius 1 is 1.20 bits per heavy atom. The maximum atomic E-state index is 12.0. The number of ketones is 1. The predicted molar refractivity (Wildman–Crippen MR) is 82.2 cm³/mol. The summed E-state index contributed by atoms with van der Waals surface area (Å²) in [6.07, 6.45) is 3.13. The molecular weight excluding hydrogens is 320 g/mol. The molecule has 0 bridgehead atoms. The molecule has 20 heavy (non-hydrogen) atoms. The van der Waals surface area contributed by atoms with Crippen LogP contribution >= 0.6 is 15.9 Å². The van der Waals surface area contributed by atoms with Crippen molar-refractivity contribution in [2.75, 3.05) is 7.11 Å². The summed E-state index contributed by atoms with van der Waals surface area (Å²) in [5, 5.41) is 9.68. The largest absolute Gasteiger partial charge is 0.507 e. The van der Waals surface area contributed by atoms with Gasteiger partial charge in [0, 0.05) is 4.47 Å². The number of hydrogen-bond acceptors (Lipinski definition) is 3. The van der Waals surface area contributed by atoms with Crippen LogP contribution in [-0.2, 0) is 0 Å². The van der Waals surface area contributed by atoms with E-state index in [4.69, 9.17) is 4.74 Å². The van der Waals surface area contributed by atoms with Gasteiger partial charge in [-0.15, -0.1) is 0 Å². The van der Waals surface area contributed by atoms with Crippen molar-refractivity contribution in [2.24, 2.45) is 0 Å². The van der Waals surface area contributed by atoms with Crippen LogP contribution in [0.15, 0.2) is 53.0 Å². The summed E-state index contributed by atoms with van der Waals surface area (Å²) >= 11 is 3.28. The molecule has 0 atom stereocenters. The topological polar surface area (TPSA) is 46.5 Å².